The molecule has 0 atom stereocenters. The van der Waals surface area contributed by atoms with E-state index in [0.29, 0.717) is 4.47 Å². The van der Waals surface area contributed by atoms with Crippen molar-refractivity contribution < 1.29 is 17.7 Å². The molecule has 0 bridgehead atoms. The molecule has 0 aliphatic carbocycles. The number of para-hydroxylation sites is 1. The summed E-state index contributed by atoms with van der Waals surface area (Å²) in [7, 11) is -4.22. The highest BCUT2D eigenvalue weighted by molar-refractivity contribution is 9.10. The van der Waals surface area contributed by atoms with Crippen LogP contribution in [0.2, 0.25) is 0 Å². The number of hydrogen-bond acceptors (Lipinski definition) is 5. The zero-order chi connectivity index (χ0) is 19.6. The fourth-order valence-corrected chi connectivity index (χ4v) is 4.08. The SMILES string of the molecule is O=[N+]([O-])c1ccccc1S(=O)(=O)Nc1nn(Cc2ccc(F)cc2)cc1Br. The van der Waals surface area contributed by atoms with E-state index in [2.05, 4.69) is 25.8 Å². The Morgan fingerprint density at radius 2 is 1.85 bits per heavy atom. The first-order valence-electron chi connectivity index (χ1n) is 7.50. The van der Waals surface area contributed by atoms with Crippen LogP contribution in [0, 0.1) is 15.9 Å². The number of nitrogens with zero attached hydrogens (tertiary/aromatic N) is 3. The summed E-state index contributed by atoms with van der Waals surface area (Å²) in [6, 6.07) is 10.8. The Labute approximate surface area is 162 Å². The lowest BCUT2D eigenvalue weighted by Gasteiger charge is -2.06. The number of halogens is 2. The monoisotopic (exact) mass is 454 g/mol. The van der Waals surface area contributed by atoms with E-state index in [9.17, 15) is 22.9 Å². The highest BCUT2D eigenvalue weighted by Crippen LogP contribution is 2.28. The second kappa shape index (κ2) is 7.45. The number of hydrogen-bond donors (Lipinski definition) is 1. The molecule has 0 unspecified atom stereocenters. The van der Waals surface area contributed by atoms with Gasteiger partial charge in [0.1, 0.15) is 5.82 Å². The van der Waals surface area contributed by atoms with Crippen LogP contribution in [0.1, 0.15) is 5.56 Å². The lowest BCUT2D eigenvalue weighted by Crippen LogP contribution is -2.15. The number of sulfonamides is 1. The second-order valence-electron chi connectivity index (χ2n) is 5.48. The molecule has 11 heteroatoms. The van der Waals surface area contributed by atoms with Crippen molar-refractivity contribution in [2.24, 2.45) is 0 Å². The van der Waals surface area contributed by atoms with Gasteiger partial charge >= 0.3 is 0 Å². The average Bonchev–Trinajstić information content (AvgIpc) is 2.95. The van der Waals surface area contributed by atoms with E-state index in [1.807, 2.05) is 0 Å². The fraction of sp³-hybridized carbons (Fsp3) is 0.0625. The molecule has 1 heterocycles. The highest BCUT2D eigenvalue weighted by Gasteiger charge is 2.26. The molecule has 0 amide bonds. The molecule has 0 spiro atoms. The van der Waals surface area contributed by atoms with Crippen LogP contribution in [-0.2, 0) is 16.6 Å². The van der Waals surface area contributed by atoms with Crippen LogP contribution in [0.5, 0.6) is 0 Å². The molecular formula is C16H12BrFN4O4S. The number of benzene rings is 2. The van der Waals surface area contributed by atoms with Crippen molar-refractivity contribution in [1.82, 2.24) is 9.78 Å². The van der Waals surface area contributed by atoms with Gasteiger partial charge in [-0.15, -0.1) is 0 Å². The zero-order valence-electron chi connectivity index (χ0n) is 13.5. The number of nitro benzene ring substituents is 1. The molecule has 3 rings (SSSR count). The molecule has 0 saturated heterocycles. The Hall–Kier alpha value is -2.79. The van der Waals surface area contributed by atoms with Gasteiger partial charge in [0, 0.05) is 12.3 Å². The molecule has 3 aromatic rings. The lowest BCUT2D eigenvalue weighted by molar-refractivity contribution is -0.387. The van der Waals surface area contributed by atoms with Gasteiger partial charge in [0.05, 0.1) is 15.9 Å². The van der Waals surface area contributed by atoms with Gasteiger partial charge in [0.25, 0.3) is 15.7 Å². The summed E-state index contributed by atoms with van der Waals surface area (Å²) in [5.74, 6) is -0.381. The molecule has 2 aromatic carbocycles. The summed E-state index contributed by atoms with van der Waals surface area (Å²) in [6.45, 7) is 0.284. The van der Waals surface area contributed by atoms with Gasteiger partial charge in [-0.05, 0) is 39.7 Å². The van der Waals surface area contributed by atoms with Crippen LogP contribution in [0.4, 0.5) is 15.9 Å². The Morgan fingerprint density at radius 1 is 1.19 bits per heavy atom. The average molecular weight is 455 g/mol. The highest BCUT2D eigenvalue weighted by atomic mass is 79.9. The van der Waals surface area contributed by atoms with Crippen molar-refractivity contribution in [3.8, 4) is 0 Å². The van der Waals surface area contributed by atoms with Gasteiger partial charge in [-0.3, -0.25) is 19.5 Å². The first kappa shape index (κ1) is 19.0. The Kier molecular flexibility index (Phi) is 5.24. The fourth-order valence-electron chi connectivity index (χ4n) is 2.34. The molecule has 0 fully saturated rings. The van der Waals surface area contributed by atoms with Gasteiger partial charge < -0.3 is 0 Å². The van der Waals surface area contributed by atoms with Crippen LogP contribution < -0.4 is 4.72 Å². The summed E-state index contributed by atoms with van der Waals surface area (Å²) in [6.07, 6.45) is 1.54. The van der Waals surface area contributed by atoms with E-state index in [1.165, 1.54) is 28.9 Å². The van der Waals surface area contributed by atoms with Crippen molar-refractivity contribution in [2.75, 3.05) is 4.72 Å². The summed E-state index contributed by atoms with van der Waals surface area (Å²) in [5.41, 5.74) is 0.228. The van der Waals surface area contributed by atoms with Gasteiger partial charge in [-0.25, -0.2) is 12.8 Å². The number of nitro groups is 1. The molecule has 1 N–H and O–H groups in total. The number of rotatable bonds is 6. The summed E-state index contributed by atoms with van der Waals surface area (Å²) < 4.78 is 42.1. The van der Waals surface area contributed by atoms with Crippen LogP contribution in [0.15, 0.2) is 64.1 Å². The molecule has 8 nitrogen and oxygen atoms in total. The molecule has 0 radical (unpaired) electrons. The standard InChI is InChI=1S/C16H12BrFN4O4S/c17-13-10-21(9-11-5-7-12(18)8-6-11)19-16(13)20-27(25,26)15-4-2-1-3-14(15)22(23)24/h1-8,10H,9H2,(H,19,20). The Bertz CT molecular complexity index is 1100. The van der Waals surface area contributed by atoms with E-state index in [0.717, 1.165) is 17.7 Å². The van der Waals surface area contributed by atoms with Crippen molar-refractivity contribution in [2.45, 2.75) is 11.4 Å². The van der Waals surface area contributed by atoms with Crippen molar-refractivity contribution in [3.63, 3.8) is 0 Å². The third kappa shape index (κ3) is 4.31. The van der Waals surface area contributed by atoms with Crippen molar-refractivity contribution in [1.29, 1.82) is 0 Å². The third-order valence-electron chi connectivity index (χ3n) is 3.56. The van der Waals surface area contributed by atoms with Crippen LogP contribution in [-0.4, -0.2) is 23.1 Å². The van der Waals surface area contributed by atoms with Crippen LogP contribution >= 0.6 is 15.9 Å². The van der Waals surface area contributed by atoms with Crippen LogP contribution in [0.3, 0.4) is 0 Å². The minimum Gasteiger partial charge on any atom is -0.265 e. The van der Waals surface area contributed by atoms with E-state index >= 15 is 0 Å². The molecule has 0 saturated carbocycles. The molecule has 0 aliphatic rings. The molecular weight excluding hydrogens is 443 g/mol. The molecule has 1 aromatic heterocycles. The number of anilines is 1. The minimum atomic E-state index is -4.22. The maximum Gasteiger partial charge on any atom is 0.289 e. The Balaban J connectivity index is 1.86. The smallest absolute Gasteiger partial charge is 0.265 e. The lowest BCUT2D eigenvalue weighted by atomic mass is 10.2. The van der Waals surface area contributed by atoms with Gasteiger partial charge in [-0.1, -0.05) is 24.3 Å². The summed E-state index contributed by atoms with van der Waals surface area (Å²) >= 11 is 3.21. The van der Waals surface area contributed by atoms with E-state index in [-0.39, 0.29) is 18.2 Å². The van der Waals surface area contributed by atoms with E-state index in [4.69, 9.17) is 0 Å². The number of nitrogens with one attached hydrogen (secondary N) is 1. The maximum atomic E-state index is 13.0. The van der Waals surface area contributed by atoms with Crippen LogP contribution in [0.25, 0.3) is 0 Å². The molecule has 140 valence electrons. The first-order chi connectivity index (χ1) is 12.8. The van der Waals surface area contributed by atoms with Crippen molar-refractivity contribution in [3.05, 3.63) is 80.7 Å². The Morgan fingerprint density at radius 3 is 2.52 bits per heavy atom. The predicted molar refractivity (Wildman–Crippen MR) is 99.3 cm³/mol. The predicted octanol–water partition coefficient (Wildman–Crippen LogP) is 3.54. The summed E-state index contributed by atoms with van der Waals surface area (Å²) in [5, 5.41) is 15.2. The normalized spacial score (nSPS) is 11.3. The maximum absolute atomic E-state index is 13.0. The largest absolute Gasteiger partial charge is 0.289 e. The van der Waals surface area contributed by atoms with E-state index < -0.39 is 25.5 Å². The topological polar surface area (TPSA) is 107 Å². The molecule has 27 heavy (non-hydrogen) atoms. The zero-order valence-corrected chi connectivity index (χ0v) is 15.9. The summed E-state index contributed by atoms with van der Waals surface area (Å²) in [4.78, 5) is 9.85. The van der Waals surface area contributed by atoms with Gasteiger partial charge in [-0.2, -0.15) is 5.10 Å². The van der Waals surface area contributed by atoms with E-state index in [1.54, 1.807) is 18.3 Å². The van der Waals surface area contributed by atoms with Crippen molar-refractivity contribution >= 4 is 37.5 Å². The molecule has 0 aliphatic heterocycles. The number of aromatic nitrogens is 2. The third-order valence-corrected chi connectivity index (χ3v) is 5.52. The minimum absolute atomic E-state index is 0.0183. The van der Waals surface area contributed by atoms with Gasteiger partial charge in [0.2, 0.25) is 0 Å². The van der Waals surface area contributed by atoms with Gasteiger partial charge in [0.15, 0.2) is 10.7 Å². The quantitative estimate of drug-likeness (QED) is 0.452. The second-order valence-corrected chi connectivity index (χ2v) is 7.99. The first-order valence-corrected chi connectivity index (χ1v) is 9.77.